The number of H-pyrrole nitrogens is 1. The lowest BCUT2D eigenvalue weighted by Crippen LogP contribution is -2.60. The molecule has 9 heteroatoms. The summed E-state index contributed by atoms with van der Waals surface area (Å²) >= 11 is 0. The van der Waals surface area contributed by atoms with Crippen LogP contribution in [0.5, 0.6) is 0 Å². The van der Waals surface area contributed by atoms with Gasteiger partial charge in [-0.1, -0.05) is 12.1 Å². The monoisotopic (exact) mass is 369 g/mol. The quantitative estimate of drug-likeness (QED) is 0.699. The first-order valence-corrected chi connectivity index (χ1v) is 8.88. The van der Waals surface area contributed by atoms with Crippen LogP contribution in [0.3, 0.4) is 0 Å². The lowest BCUT2D eigenvalue weighted by atomic mass is 10.1. The van der Waals surface area contributed by atoms with Crippen LogP contribution in [0.25, 0.3) is 0 Å². The van der Waals surface area contributed by atoms with E-state index in [-0.39, 0.29) is 17.9 Å². The van der Waals surface area contributed by atoms with Crippen molar-refractivity contribution in [2.24, 2.45) is 5.73 Å². The van der Waals surface area contributed by atoms with Crippen molar-refractivity contribution in [1.29, 1.82) is 0 Å². The van der Waals surface area contributed by atoms with E-state index in [1.165, 1.54) is 6.20 Å². The molecule has 1 aromatic heterocycles. The first kappa shape index (κ1) is 17.5. The second-order valence-electron chi connectivity index (χ2n) is 7.10. The molecule has 1 amide bonds. The van der Waals surface area contributed by atoms with Crippen LogP contribution < -0.4 is 21.6 Å². The van der Waals surface area contributed by atoms with Crippen LogP contribution in [0.1, 0.15) is 10.5 Å². The van der Waals surface area contributed by atoms with Gasteiger partial charge in [0.1, 0.15) is 11.9 Å². The van der Waals surface area contributed by atoms with Gasteiger partial charge in [-0.2, -0.15) is 4.98 Å². The highest BCUT2D eigenvalue weighted by atomic mass is 16.2. The molecule has 2 aliphatic rings. The summed E-state index contributed by atoms with van der Waals surface area (Å²) in [4.78, 5) is 36.6. The van der Waals surface area contributed by atoms with Crippen molar-refractivity contribution in [1.82, 2.24) is 19.8 Å². The molecular weight excluding hydrogens is 346 g/mol. The molecule has 142 valence electrons. The summed E-state index contributed by atoms with van der Waals surface area (Å²) in [6.07, 6.45) is 1.28. The number of nitrogens with zero attached hydrogens (tertiary/aromatic N) is 4. The smallest absolute Gasteiger partial charge is 0.345 e. The van der Waals surface area contributed by atoms with Gasteiger partial charge in [0.05, 0.1) is 29.3 Å². The van der Waals surface area contributed by atoms with Gasteiger partial charge in [-0.15, -0.1) is 0 Å². The number of nitrogens with one attached hydrogen (secondary N) is 2. The SMILES string of the molecule is CN1CCN(C)C(C2Nc3ccccc3N2c2cnc(=O)[nH]c2C(N)=O)C1. The molecule has 2 aliphatic heterocycles. The van der Waals surface area contributed by atoms with E-state index >= 15 is 0 Å². The van der Waals surface area contributed by atoms with Gasteiger partial charge in [-0.05, 0) is 26.2 Å². The number of likely N-dealkylation sites (N-methyl/N-ethyl adjacent to an activating group) is 2. The minimum Gasteiger partial charge on any atom is -0.364 e. The van der Waals surface area contributed by atoms with Crippen molar-refractivity contribution < 1.29 is 4.79 Å². The Morgan fingerprint density at radius 1 is 1.22 bits per heavy atom. The van der Waals surface area contributed by atoms with Gasteiger partial charge in [-0.25, -0.2) is 4.79 Å². The van der Waals surface area contributed by atoms with Crippen molar-refractivity contribution in [2.75, 3.05) is 43.9 Å². The normalized spacial score (nSPS) is 23.1. The number of nitrogens with two attached hydrogens (primary N) is 1. The minimum absolute atomic E-state index is 0.0605. The molecule has 0 radical (unpaired) electrons. The van der Waals surface area contributed by atoms with Crippen LogP contribution in [0, 0.1) is 0 Å². The second-order valence-corrected chi connectivity index (χ2v) is 7.10. The summed E-state index contributed by atoms with van der Waals surface area (Å²) in [7, 11) is 4.20. The molecule has 4 N–H and O–H groups in total. The Kier molecular flexibility index (Phi) is 4.33. The van der Waals surface area contributed by atoms with E-state index in [9.17, 15) is 9.59 Å². The third-order valence-corrected chi connectivity index (χ3v) is 5.31. The zero-order valence-corrected chi connectivity index (χ0v) is 15.3. The number of aromatic nitrogens is 2. The maximum Gasteiger partial charge on any atom is 0.345 e. The fraction of sp³-hybridized carbons (Fsp3) is 0.389. The maximum atomic E-state index is 12.0. The molecule has 4 rings (SSSR count). The van der Waals surface area contributed by atoms with Gasteiger partial charge in [0.2, 0.25) is 0 Å². The number of benzene rings is 1. The van der Waals surface area contributed by atoms with Crippen LogP contribution >= 0.6 is 0 Å². The standard InChI is InChI=1S/C18H23N7O2/c1-23-7-8-24(2)14(10-23)17-21-11-5-3-4-6-12(11)25(17)13-9-20-18(27)22-15(13)16(19)26/h3-6,9,14,17,21H,7-8,10H2,1-2H3,(H2,19,26)(H,20,22,27). The number of fused-ring (bicyclic) bond motifs is 1. The van der Waals surface area contributed by atoms with Crippen molar-refractivity contribution in [3.63, 3.8) is 0 Å². The topological polar surface area (TPSA) is 111 Å². The molecule has 27 heavy (non-hydrogen) atoms. The average molecular weight is 369 g/mol. The molecule has 2 aromatic rings. The Morgan fingerprint density at radius 3 is 2.78 bits per heavy atom. The fourth-order valence-electron chi connectivity index (χ4n) is 3.87. The second kappa shape index (κ2) is 6.67. The Bertz CT molecular complexity index is 928. The van der Waals surface area contributed by atoms with Crippen LogP contribution in [0.15, 0.2) is 35.3 Å². The third kappa shape index (κ3) is 3.04. The number of anilines is 3. The molecule has 1 saturated heterocycles. The van der Waals surface area contributed by atoms with Gasteiger partial charge < -0.3 is 20.9 Å². The maximum absolute atomic E-state index is 12.0. The zero-order valence-electron chi connectivity index (χ0n) is 15.3. The highest BCUT2D eigenvalue weighted by Gasteiger charge is 2.40. The van der Waals surface area contributed by atoms with Crippen LogP contribution in [0.2, 0.25) is 0 Å². The van der Waals surface area contributed by atoms with E-state index in [0.29, 0.717) is 5.69 Å². The molecule has 1 aromatic carbocycles. The molecule has 0 saturated carbocycles. The summed E-state index contributed by atoms with van der Waals surface area (Å²) in [5.74, 6) is -0.693. The first-order chi connectivity index (χ1) is 13.0. The number of piperazine rings is 1. The van der Waals surface area contributed by atoms with Gasteiger partial charge in [0, 0.05) is 19.6 Å². The van der Waals surface area contributed by atoms with Gasteiger partial charge >= 0.3 is 5.69 Å². The number of aromatic amines is 1. The minimum atomic E-state index is -0.693. The van der Waals surface area contributed by atoms with Gasteiger partial charge in [-0.3, -0.25) is 14.7 Å². The Labute approximate surface area is 156 Å². The van der Waals surface area contributed by atoms with Crippen LogP contribution in [-0.2, 0) is 0 Å². The summed E-state index contributed by atoms with van der Waals surface area (Å²) in [5.41, 5.74) is 7.38. The van der Waals surface area contributed by atoms with Gasteiger partial charge in [0.25, 0.3) is 5.91 Å². The first-order valence-electron chi connectivity index (χ1n) is 8.88. The van der Waals surface area contributed by atoms with E-state index in [0.717, 1.165) is 31.0 Å². The molecule has 0 spiro atoms. The van der Waals surface area contributed by atoms with E-state index in [4.69, 9.17) is 5.73 Å². The number of hydrogen-bond donors (Lipinski definition) is 3. The third-order valence-electron chi connectivity index (χ3n) is 5.31. The number of rotatable bonds is 3. The number of amides is 1. The number of carbonyl (C=O) groups excluding carboxylic acids is 1. The Morgan fingerprint density at radius 2 is 2.00 bits per heavy atom. The van der Waals surface area contributed by atoms with Crippen molar-refractivity contribution in [3.8, 4) is 0 Å². The van der Waals surface area contributed by atoms with Crippen LogP contribution in [0.4, 0.5) is 17.1 Å². The number of carbonyl (C=O) groups is 1. The lowest BCUT2D eigenvalue weighted by molar-refractivity contribution is 0.0992. The largest absolute Gasteiger partial charge is 0.364 e. The summed E-state index contributed by atoms with van der Waals surface area (Å²) in [6.45, 7) is 2.80. The van der Waals surface area contributed by atoms with E-state index in [1.54, 1.807) is 0 Å². The van der Waals surface area contributed by atoms with Gasteiger partial charge in [0.15, 0.2) is 0 Å². The summed E-state index contributed by atoms with van der Waals surface area (Å²) in [6, 6.07) is 8.03. The van der Waals surface area contributed by atoms with Crippen molar-refractivity contribution >= 4 is 23.0 Å². The molecule has 0 bridgehead atoms. The molecule has 2 unspecified atom stereocenters. The van der Waals surface area contributed by atoms with E-state index < -0.39 is 11.6 Å². The molecule has 3 heterocycles. The van der Waals surface area contributed by atoms with Crippen LogP contribution in [-0.4, -0.2) is 71.6 Å². The highest BCUT2D eigenvalue weighted by molar-refractivity contribution is 5.98. The molecular formula is C18H23N7O2. The molecule has 0 aliphatic carbocycles. The van der Waals surface area contributed by atoms with E-state index in [2.05, 4.69) is 39.2 Å². The molecule has 2 atom stereocenters. The number of hydrogen-bond acceptors (Lipinski definition) is 7. The number of primary amides is 1. The predicted octanol–water partition coefficient (Wildman–Crippen LogP) is 0.00430. The lowest BCUT2D eigenvalue weighted by Gasteiger charge is -2.43. The average Bonchev–Trinajstić information content (AvgIpc) is 3.03. The predicted molar refractivity (Wildman–Crippen MR) is 103 cm³/mol. The summed E-state index contributed by atoms with van der Waals surface area (Å²) in [5, 5.41) is 3.57. The summed E-state index contributed by atoms with van der Waals surface area (Å²) < 4.78 is 0. The highest BCUT2D eigenvalue weighted by Crippen LogP contribution is 2.42. The fourth-order valence-corrected chi connectivity index (χ4v) is 3.87. The Hall–Kier alpha value is -2.91. The molecule has 1 fully saturated rings. The zero-order chi connectivity index (χ0) is 19.1. The molecule has 9 nitrogen and oxygen atoms in total. The van der Waals surface area contributed by atoms with Crippen molar-refractivity contribution in [2.45, 2.75) is 12.2 Å². The van der Waals surface area contributed by atoms with Crippen molar-refractivity contribution in [3.05, 3.63) is 46.6 Å². The Balaban J connectivity index is 1.84. The van der Waals surface area contributed by atoms with E-state index in [1.807, 2.05) is 29.2 Å². The number of para-hydroxylation sites is 2.